The van der Waals surface area contributed by atoms with Gasteiger partial charge in [-0.25, -0.2) is 9.37 Å². The highest BCUT2D eigenvalue weighted by Gasteiger charge is 2.31. The number of halogens is 3. The van der Waals surface area contributed by atoms with Crippen LogP contribution in [0.5, 0.6) is 5.75 Å². The Bertz CT molecular complexity index is 1140. The van der Waals surface area contributed by atoms with Gasteiger partial charge in [0.25, 0.3) is 11.8 Å². The average molecular weight is 474 g/mol. The van der Waals surface area contributed by atoms with E-state index in [4.69, 9.17) is 4.74 Å². The molecule has 12 heteroatoms. The largest absolute Gasteiger partial charge is 0.493 e. The SMILES string of the molecule is O=C(N[C@H]1CCC[C@@H]1COc1ccc(F)cc1)c1nc(NC(=O)C(F)F)ccc1-n1nccn1. The van der Waals surface area contributed by atoms with Crippen LogP contribution in [0.4, 0.5) is 19.0 Å². The summed E-state index contributed by atoms with van der Waals surface area (Å²) < 4.78 is 44.1. The number of ether oxygens (including phenoxy) is 1. The Kier molecular flexibility index (Phi) is 7.04. The first-order valence-electron chi connectivity index (χ1n) is 10.6. The molecule has 2 atom stereocenters. The molecule has 0 unspecified atom stereocenters. The number of carbonyl (C=O) groups is 2. The predicted molar refractivity (Wildman–Crippen MR) is 114 cm³/mol. The van der Waals surface area contributed by atoms with Gasteiger partial charge in [-0.1, -0.05) is 6.42 Å². The molecule has 4 rings (SSSR count). The summed E-state index contributed by atoms with van der Waals surface area (Å²) in [5, 5.41) is 12.9. The number of aromatic nitrogens is 4. The standard InChI is InChI=1S/C22H21F3N6O3/c23-14-4-6-15(7-5-14)34-12-13-2-1-3-16(13)28-21(32)19-17(31-26-10-11-27-31)8-9-18(29-19)30-22(33)20(24)25/h4-11,13,16,20H,1-3,12H2,(H,28,32)(H,29,30,33)/t13-,16+/m1/s1. The van der Waals surface area contributed by atoms with Crippen LogP contribution in [0.25, 0.3) is 5.69 Å². The molecular weight excluding hydrogens is 453 g/mol. The van der Waals surface area contributed by atoms with Crippen LogP contribution in [-0.4, -0.2) is 50.9 Å². The van der Waals surface area contributed by atoms with Gasteiger partial charge in [-0.3, -0.25) is 9.59 Å². The van der Waals surface area contributed by atoms with Crippen LogP contribution >= 0.6 is 0 Å². The third kappa shape index (κ3) is 5.50. The minimum atomic E-state index is -3.23. The Morgan fingerprint density at radius 1 is 1.09 bits per heavy atom. The maximum absolute atomic E-state index is 13.2. The summed E-state index contributed by atoms with van der Waals surface area (Å²) in [7, 11) is 0. The van der Waals surface area contributed by atoms with E-state index >= 15 is 0 Å². The van der Waals surface area contributed by atoms with E-state index < -0.39 is 18.2 Å². The van der Waals surface area contributed by atoms with Crippen molar-refractivity contribution in [2.45, 2.75) is 31.7 Å². The van der Waals surface area contributed by atoms with Crippen molar-refractivity contribution in [3.63, 3.8) is 0 Å². The fraction of sp³-hybridized carbons (Fsp3) is 0.318. The average Bonchev–Trinajstić information content (AvgIpc) is 3.51. The third-order valence-electron chi connectivity index (χ3n) is 5.43. The summed E-state index contributed by atoms with van der Waals surface area (Å²) >= 11 is 0. The first-order valence-corrected chi connectivity index (χ1v) is 10.6. The van der Waals surface area contributed by atoms with Crippen molar-refractivity contribution in [3.8, 4) is 11.4 Å². The van der Waals surface area contributed by atoms with E-state index in [0.717, 1.165) is 12.8 Å². The highest BCUT2D eigenvalue weighted by Crippen LogP contribution is 2.27. The maximum atomic E-state index is 13.2. The van der Waals surface area contributed by atoms with Gasteiger partial charge in [0.2, 0.25) is 0 Å². The molecule has 2 aromatic heterocycles. The van der Waals surface area contributed by atoms with E-state index in [2.05, 4.69) is 20.5 Å². The number of anilines is 1. The molecule has 9 nitrogen and oxygen atoms in total. The lowest BCUT2D eigenvalue weighted by molar-refractivity contribution is -0.126. The Labute approximate surface area is 192 Å². The van der Waals surface area contributed by atoms with Crippen molar-refractivity contribution in [1.82, 2.24) is 25.3 Å². The predicted octanol–water partition coefficient (Wildman–Crippen LogP) is 2.98. The van der Waals surface area contributed by atoms with Gasteiger partial charge in [-0.05, 0) is 49.2 Å². The van der Waals surface area contributed by atoms with Crippen LogP contribution in [0.3, 0.4) is 0 Å². The first-order chi connectivity index (χ1) is 16.4. The fourth-order valence-electron chi connectivity index (χ4n) is 3.77. The third-order valence-corrected chi connectivity index (χ3v) is 5.43. The van der Waals surface area contributed by atoms with E-state index in [1.165, 1.54) is 53.6 Å². The summed E-state index contributed by atoms with van der Waals surface area (Å²) in [4.78, 5) is 29.8. The molecule has 0 saturated heterocycles. The number of alkyl halides is 2. The molecular formula is C22H21F3N6O3. The fourth-order valence-corrected chi connectivity index (χ4v) is 3.77. The maximum Gasteiger partial charge on any atom is 0.315 e. The summed E-state index contributed by atoms with van der Waals surface area (Å²) in [5.41, 5.74) is 0.0861. The van der Waals surface area contributed by atoms with Gasteiger partial charge in [0.05, 0.1) is 19.0 Å². The zero-order valence-electron chi connectivity index (χ0n) is 17.8. The molecule has 1 aromatic carbocycles. The molecule has 0 spiro atoms. The Morgan fingerprint density at radius 2 is 1.82 bits per heavy atom. The molecule has 3 aromatic rings. The van der Waals surface area contributed by atoms with Crippen molar-refractivity contribution >= 4 is 17.6 Å². The number of amides is 2. The summed E-state index contributed by atoms with van der Waals surface area (Å²) in [6.07, 6.45) is 1.99. The highest BCUT2D eigenvalue weighted by atomic mass is 19.3. The first kappa shape index (κ1) is 23.2. The molecule has 1 fully saturated rings. The molecule has 0 bridgehead atoms. The quantitative estimate of drug-likeness (QED) is 0.519. The molecule has 0 radical (unpaired) electrons. The van der Waals surface area contributed by atoms with Gasteiger partial charge in [0, 0.05) is 12.0 Å². The second-order valence-electron chi connectivity index (χ2n) is 7.71. The number of benzene rings is 1. The summed E-state index contributed by atoms with van der Waals surface area (Å²) in [5.74, 6) is -2.14. The molecule has 1 saturated carbocycles. The van der Waals surface area contributed by atoms with Crippen LogP contribution in [0.1, 0.15) is 29.8 Å². The molecule has 0 aliphatic heterocycles. The van der Waals surface area contributed by atoms with Crippen LogP contribution in [0.2, 0.25) is 0 Å². The van der Waals surface area contributed by atoms with Crippen molar-refractivity contribution in [1.29, 1.82) is 0 Å². The lowest BCUT2D eigenvalue weighted by atomic mass is 10.0. The van der Waals surface area contributed by atoms with Crippen LogP contribution in [0, 0.1) is 11.7 Å². The minimum Gasteiger partial charge on any atom is -0.493 e. The van der Waals surface area contributed by atoms with E-state index in [9.17, 15) is 22.8 Å². The van der Waals surface area contributed by atoms with Crippen LogP contribution < -0.4 is 15.4 Å². The van der Waals surface area contributed by atoms with Gasteiger partial charge in [-0.2, -0.15) is 19.0 Å². The second-order valence-corrected chi connectivity index (χ2v) is 7.71. The number of carbonyl (C=O) groups excluding carboxylic acids is 2. The van der Waals surface area contributed by atoms with Gasteiger partial charge in [-0.15, -0.1) is 4.80 Å². The molecule has 1 aliphatic carbocycles. The summed E-state index contributed by atoms with van der Waals surface area (Å²) in [6, 6.07) is 8.14. The zero-order valence-corrected chi connectivity index (χ0v) is 17.8. The van der Waals surface area contributed by atoms with Gasteiger partial charge in [0.15, 0.2) is 5.69 Å². The Hall–Kier alpha value is -3.96. The number of hydrogen-bond donors (Lipinski definition) is 2. The zero-order chi connectivity index (χ0) is 24.1. The topological polar surface area (TPSA) is 111 Å². The monoisotopic (exact) mass is 474 g/mol. The van der Waals surface area contributed by atoms with Crippen molar-refractivity contribution in [3.05, 3.63) is 60.3 Å². The number of pyridine rings is 1. The normalized spacial score (nSPS) is 17.5. The van der Waals surface area contributed by atoms with Crippen LogP contribution in [-0.2, 0) is 4.79 Å². The van der Waals surface area contributed by atoms with E-state index in [1.54, 1.807) is 0 Å². The lowest BCUT2D eigenvalue weighted by Crippen LogP contribution is -2.40. The minimum absolute atomic E-state index is 0.00185. The summed E-state index contributed by atoms with van der Waals surface area (Å²) in [6.45, 7) is 0.321. The molecule has 178 valence electrons. The number of hydrogen-bond acceptors (Lipinski definition) is 6. The van der Waals surface area contributed by atoms with Crippen molar-refractivity contribution in [2.75, 3.05) is 11.9 Å². The lowest BCUT2D eigenvalue weighted by Gasteiger charge is -2.22. The van der Waals surface area contributed by atoms with Crippen molar-refractivity contribution in [2.24, 2.45) is 5.92 Å². The highest BCUT2D eigenvalue weighted by molar-refractivity contribution is 5.97. The molecule has 1 aliphatic rings. The second kappa shape index (κ2) is 10.3. The van der Waals surface area contributed by atoms with Gasteiger partial charge in [0.1, 0.15) is 23.1 Å². The number of rotatable bonds is 8. The molecule has 2 amide bonds. The van der Waals surface area contributed by atoms with Crippen molar-refractivity contribution < 1.29 is 27.5 Å². The van der Waals surface area contributed by atoms with E-state index in [1.807, 2.05) is 5.32 Å². The number of nitrogens with zero attached hydrogens (tertiary/aromatic N) is 4. The number of nitrogens with one attached hydrogen (secondary N) is 2. The molecule has 2 heterocycles. The Balaban J connectivity index is 1.50. The smallest absolute Gasteiger partial charge is 0.315 e. The van der Waals surface area contributed by atoms with Crippen LogP contribution in [0.15, 0.2) is 48.8 Å². The van der Waals surface area contributed by atoms with E-state index in [-0.39, 0.29) is 35.0 Å². The Morgan fingerprint density at radius 3 is 2.53 bits per heavy atom. The van der Waals surface area contributed by atoms with E-state index in [0.29, 0.717) is 18.8 Å². The molecule has 2 N–H and O–H groups in total. The molecule has 34 heavy (non-hydrogen) atoms. The van der Waals surface area contributed by atoms with Gasteiger partial charge < -0.3 is 15.4 Å². The van der Waals surface area contributed by atoms with Gasteiger partial charge >= 0.3 is 6.43 Å².